The second kappa shape index (κ2) is 6.79. The molecular formula is C22H24N2O2. The molecule has 3 rings (SSSR count). The molecule has 2 aromatic rings. The van der Waals surface area contributed by atoms with Crippen molar-refractivity contribution in [1.82, 2.24) is 0 Å². The molecule has 0 aromatic heterocycles. The van der Waals surface area contributed by atoms with Crippen molar-refractivity contribution in [2.45, 2.75) is 26.3 Å². The highest BCUT2D eigenvalue weighted by Gasteiger charge is 2.28. The topological polar surface area (TPSA) is 41.9 Å². The Balaban J connectivity index is 1.90. The summed E-state index contributed by atoms with van der Waals surface area (Å²) in [5.41, 5.74) is 5.95. The molecule has 2 aromatic carbocycles. The first-order valence-corrected chi connectivity index (χ1v) is 8.62. The van der Waals surface area contributed by atoms with E-state index in [9.17, 15) is 4.79 Å². The number of hydrogen-bond acceptors (Lipinski definition) is 4. The number of esters is 1. The zero-order chi connectivity index (χ0) is 18.9. The number of nitrogens with zero attached hydrogens (tertiary/aromatic N) is 2. The maximum Gasteiger partial charge on any atom is 0.337 e. The van der Waals surface area contributed by atoms with E-state index >= 15 is 0 Å². The molecule has 0 radical (unpaired) electrons. The van der Waals surface area contributed by atoms with Gasteiger partial charge in [0.15, 0.2) is 0 Å². The SMILES string of the molecule is COC(=O)c1cccc(N=Cc2ccc3c(c2)C(C)=CC(C)(C)N3C)c1. The molecular weight excluding hydrogens is 324 g/mol. The van der Waals surface area contributed by atoms with Crippen LogP contribution in [0.25, 0.3) is 5.57 Å². The van der Waals surface area contributed by atoms with E-state index in [0.29, 0.717) is 5.56 Å². The van der Waals surface area contributed by atoms with Gasteiger partial charge in [-0.1, -0.05) is 18.2 Å². The van der Waals surface area contributed by atoms with Gasteiger partial charge in [-0.3, -0.25) is 4.99 Å². The summed E-state index contributed by atoms with van der Waals surface area (Å²) in [6.07, 6.45) is 4.11. The molecule has 0 spiro atoms. The third kappa shape index (κ3) is 3.40. The van der Waals surface area contributed by atoms with E-state index in [2.05, 4.69) is 62.0 Å². The van der Waals surface area contributed by atoms with Crippen LogP contribution in [0.1, 0.15) is 42.3 Å². The van der Waals surface area contributed by atoms with Crippen LogP contribution < -0.4 is 4.90 Å². The Morgan fingerprint density at radius 3 is 2.69 bits per heavy atom. The van der Waals surface area contributed by atoms with Crippen LogP contribution in [-0.2, 0) is 4.74 Å². The van der Waals surface area contributed by atoms with Gasteiger partial charge in [-0.15, -0.1) is 0 Å². The van der Waals surface area contributed by atoms with E-state index in [-0.39, 0.29) is 11.5 Å². The number of rotatable bonds is 3. The molecule has 0 saturated carbocycles. The number of fused-ring (bicyclic) bond motifs is 1. The van der Waals surface area contributed by atoms with Gasteiger partial charge in [0.1, 0.15) is 0 Å². The Hall–Kier alpha value is -2.88. The number of hydrogen-bond donors (Lipinski definition) is 0. The number of anilines is 1. The second-order valence-electron chi connectivity index (χ2n) is 7.12. The van der Waals surface area contributed by atoms with Crippen molar-refractivity contribution in [1.29, 1.82) is 0 Å². The van der Waals surface area contributed by atoms with Crippen LogP contribution in [0.4, 0.5) is 11.4 Å². The van der Waals surface area contributed by atoms with E-state index in [1.165, 1.54) is 23.9 Å². The molecule has 1 aliphatic rings. The van der Waals surface area contributed by atoms with Gasteiger partial charge in [0.2, 0.25) is 0 Å². The van der Waals surface area contributed by atoms with Gasteiger partial charge in [-0.2, -0.15) is 0 Å². The minimum Gasteiger partial charge on any atom is -0.465 e. The average molecular weight is 348 g/mol. The molecule has 0 saturated heterocycles. The number of carbonyl (C=O) groups excluding carboxylic acids is 1. The van der Waals surface area contributed by atoms with Crippen LogP contribution in [0.15, 0.2) is 53.5 Å². The number of methoxy groups -OCH3 is 1. The molecule has 134 valence electrons. The molecule has 0 amide bonds. The van der Waals surface area contributed by atoms with Crippen molar-refractivity contribution in [2.24, 2.45) is 4.99 Å². The molecule has 4 heteroatoms. The highest BCUT2D eigenvalue weighted by Crippen LogP contribution is 2.37. The first-order valence-electron chi connectivity index (χ1n) is 8.62. The third-order valence-electron chi connectivity index (χ3n) is 4.87. The van der Waals surface area contributed by atoms with Crippen LogP contribution in [-0.4, -0.2) is 31.9 Å². The minimum atomic E-state index is -0.359. The van der Waals surface area contributed by atoms with Crippen LogP contribution in [0.3, 0.4) is 0 Å². The van der Waals surface area contributed by atoms with Gasteiger partial charge in [0.25, 0.3) is 0 Å². The Kier molecular flexibility index (Phi) is 4.68. The molecule has 4 nitrogen and oxygen atoms in total. The third-order valence-corrected chi connectivity index (χ3v) is 4.87. The lowest BCUT2D eigenvalue weighted by molar-refractivity contribution is 0.0601. The zero-order valence-corrected chi connectivity index (χ0v) is 15.9. The first-order chi connectivity index (χ1) is 12.3. The van der Waals surface area contributed by atoms with Crippen LogP contribution in [0.2, 0.25) is 0 Å². The molecule has 0 aliphatic carbocycles. The van der Waals surface area contributed by atoms with Gasteiger partial charge in [0, 0.05) is 24.5 Å². The molecule has 1 heterocycles. The van der Waals surface area contributed by atoms with Crippen molar-refractivity contribution >= 4 is 29.1 Å². The molecule has 0 bridgehead atoms. The maximum absolute atomic E-state index is 11.6. The molecule has 0 N–H and O–H groups in total. The van der Waals surface area contributed by atoms with Gasteiger partial charge >= 0.3 is 5.97 Å². The molecule has 0 atom stereocenters. The predicted molar refractivity (Wildman–Crippen MR) is 108 cm³/mol. The Labute approximate surface area is 154 Å². The fraction of sp³-hybridized carbons (Fsp3) is 0.273. The molecule has 26 heavy (non-hydrogen) atoms. The number of allylic oxidation sites excluding steroid dienone is 1. The number of carbonyl (C=O) groups is 1. The fourth-order valence-electron chi connectivity index (χ4n) is 3.24. The van der Waals surface area contributed by atoms with E-state index < -0.39 is 0 Å². The summed E-state index contributed by atoms with van der Waals surface area (Å²) < 4.78 is 4.75. The maximum atomic E-state index is 11.6. The standard InChI is InChI=1S/C22H24N2O2/c1-15-13-22(2,3)24(4)20-10-9-16(11-19(15)20)14-23-18-8-6-7-17(12-18)21(25)26-5/h6-14H,1-5H3. The highest BCUT2D eigenvalue weighted by atomic mass is 16.5. The Bertz CT molecular complexity index is 910. The van der Waals surface area contributed by atoms with Crippen molar-refractivity contribution in [3.05, 3.63) is 65.2 Å². The Morgan fingerprint density at radius 1 is 1.19 bits per heavy atom. The highest BCUT2D eigenvalue weighted by molar-refractivity contribution is 5.91. The van der Waals surface area contributed by atoms with Crippen molar-refractivity contribution in [3.63, 3.8) is 0 Å². The Morgan fingerprint density at radius 2 is 1.96 bits per heavy atom. The van der Waals surface area contributed by atoms with E-state index in [0.717, 1.165) is 11.3 Å². The van der Waals surface area contributed by atoms with Gasteiger partial charge in [-0.25, -0.2) is 4.79 Å². The summed E-state index contributed by atoms with van der Waals surface area (Å²) in [4.78, 5) is 18.4. The summed E-state index contributed by atoms with van der Waals surface area (Å²) >= 11 is 0. The number of aliphatic imine (C=N–C) groups is 1. The monoisotopic (exact) mass is 348 g/mol. The summed E-state index contributed by atoms with van der Waals surface area (Å²) in [6.45, 7) is 6.57. The quantitative estimate of drug-likeness (QED) is 0.588. The first kappa shape index (κ1) is 17.9. The lowest BCUT2D eigenvalue weighted by Gasteiger charge is -2.40. The number of likely N-dealkylation sites (N-methyl/N-ethyl adjacent to an activating group) is 1. The smallest absolute Gasteiger partial charge is 0.337 e. The average Bonchev–Trinajstić information content (AvgIpc) is 2.63. The predicted octanol–water partition coefficient (Wildman–Crippen LogP) is 4.86. The molecule has 0 unspecified atom stereocenters. The van der Waals surface area contributed by atoms with E-state index in [1.807, 2.05) is 12.3 Å². The lowest BCUT2D eigenvalue weighted by atomic mass is 9.89. The van der Waals surface area contributed by atoms with Gasteiger partial charge < -0.3 is 9.64 Å². The summed E-state index contributed by atoms with van der Waals surface area (Å²) in [6, 6.07) is 13.5. The van der Waals surface area contributed by atoms with Crippen LogP contribution in [0, 0.1) is 0 Å². The van der Waals surface area contributed by atoms with Gasteiger partial charge in [0.05, 0.1) is 23.9 Å². The van der Waals surface area contributed by atoms with Gasteiger partial charge in [-0.05, 0) is 62.2 Å². The molecule has 1 aliphatic heterocycles. The van der Waals surface area contributed by atoms with Crippen molar-refractivity contribution < 1.29 is 9.53 Å². The summed E-state index contributed by atoms with van der Waals surface area (Å²) in [5.74, 6) is -0.359. The number of benzene rings is 2. The normalized spacial score (nSPS) is 15.6. The van der Waals surface area contributed by atoms with Crippen molar-refractivity contribution in [2.75, 3.05) is 19.1 Å². The zero-order valence-electron chi connectivity index (χ0n) is 15.9. The lowest BCUT2D eigenvalue weighted by Crippen LogP contribution is -2.42. The molecule has 0 fully saturated rings. The second-order valence-corrected chi connectivity index (χ2v) is 7.12. The van der Waals surface area contributed by atoms with Crippen LogP contribution in [0.5, 0.6) is 0 Å². The van der Waals surface area contributed by atoms with E-state index in [1.54, 1.807) is 18.2 Å². The number of ether oxygens (including phenoxy) is 1. The summed E-state index contributed by atoms with van der Waals surface area (Å²) in [5, 5.41) is 0. The largest absolute Gasteiger partial charge is 0.465 e. The minimum absolute atomic E-state index is 0.00101. The van der Waals surface area contributed by atoms with Crippen LogP contribution >= 0.6 is 0 Å². The summed E-state index contributed by atoms with van der Waals surface area (Å²) in [7, 11) is 3.49. The van der Waals surface area contributed by atoms with E-state index in [4.69, 9.17) is 4.74 Å². The van der Waals surface area contributed by atoms with Crippen molar-refractivity contribution in [3.8, 4) is 0 Å². The fourth-order valence-corrected chi connectivity index (χ4v) is 3.24.